The van der Waals surface area contributed by atoms with Gasteiger partial charge in [0.1, 0.15) is 0 Å². The lowest BCUT2D eigenvalue weighted by Crippen LogP contribution is -2.41. The molecule has 1 fully saturated rings. The summed E-state index contributed by atoms with van der Waals surface area (Å²) in [5.41, 5.74) is 2.72. The molecule has 2 atom stereocenters. The van der Waals surface area contributed by atoms with E-state index in [1.807, 2.05) is 7.11 Å². The van der Waals surface area contributed by atoms with Crippen molar-refractivity contribution in [2.24, 2.45) is 0 Å². The summed E-state index contributed by atoms with van der Waals surface area (Å²) >= 11 is 0. The van der Waals surface area contributed by atoms with Gasteiger partial charge in [-0.25, -0.2) is 0 Å². The third-order valence-electron chi connectivity index (χ3n) is 4.71. The molecule has 0 saturated carbocycles. The van der Waals surface area contributed by atoms with E-state index in [1.54, 1.807) is 0 Å². The van der Waals surface area contributed by atoms with E-state index < -0.39 is 0 Å². The molecule has 1 saturated heterocycles. The molecule has 0 spiro atoms. The number of methoxy groups -OCH3 is 1. The molecule has 3 rings (SSSR count). The number of benzene rings is 2. The first kappa shape index (κ1) is 16.2. The highest BCUT2D eigenvalue weighted by molar-refractivity contribution is 5.16. The molecule has 2 aromatic rings. The molecule has 2 unspecified atom stereocenters. The monoisotopic (exact) mass is 310 g/mol. The zero-order valence-corrected chi connectivity index (χ0v) is 14.1. The van der Waals surface area contributed by atoms with Crippen LogP contribution in [-0.4, -0.2) is 49.2 Å². The molecule has 122 valence electrons. The van der Waals surface area contributed by atoms with Crippen LogP contribution in [0, 0.1) is 0 Å². The van der Waals surface area contributed by atoms with Gasteiger partial charge in [0, 0.05) is 39.3 Å². The molecular formula is C20H26N2O. The highest BCUT2D eigenvalue weighted by atomic mass is 16.5. The second-order valence-corrected chi connectivity index (χ2v) is 6.42. The third-order valence-corrected chi connectivity index (χ3v) is 4.71. The predicted molar refractivity (Wildman–Crippen MR) is 94.2 cm³/mol. The summed E-state index contributed by atoms with van der Waals surface area (Å²) in [7, 11) is 4.04. The molecule has 0 amide bonds. The molecule has 3 heteroatoms. The van der Waals surface area contributed by atoms with Gasteiger partial charge < -0.3 is 4.74 Å². The van der Waals surface area contributed by atoms with Gasteiger partial charge in [-0.1, -0.05) is 60.7 Å². The topological polar surface area (TPSA) is 15.7 Å². The fourth-order valence-corrected chi connectivity index (χ4v) is 3.45. The molecule has 0 aliphatic carbocycles. The standard InChI is InChI=1S/C20H26N2O/c1-21(13-17-9-5-3-6-10-17)19-15-22(16-20(19)23-2)14-18-11-7-4-8-12-18/h3-12,19-20H,13-16H2,1-2H3. The Balaban J connectivity index is 1.62. The predicted octanol–water partition coefficient (Wildman–Crippen LogP) is 3.02. The van der Waals surface area contributed by atoms with Crippen LogP contribution < -0.4 is 0 Å². The van der Waals surface area contributed by atoms with E-state index in [4.69, 9.17) is 4.74 Å². The van der Waals surface area contributed by atoms with Gasteiger partial charge in [0.15, 0.2) is 0 Å². The molecule has 0 aromatic heterocycles. The van der Waals surface area contributed by atoms with Gasteiger partial charge in [-0.05, 0) is 18.2 Å². The van der Waals surface area contributed by atoms with E-state index in [1.165, 1.54) is 11.1 Å². The van der Waals surface area contributed by atoms with Crippen LogP contribution in [0.5, 0.6) is 0 Å². The van der Waals surface area contributed by atoms with Crippen LogP contribution in [0.3, 0.4) is 0 Å². The molecule has 1 aliphatic rings. The number of hydrogen-bond acceptors (Lipinski definition) is 3. The van der Waals surface area contributed by atoms with Crippen molar-refractivity contribution in [2.45, 2.75) is 25.2 Å². The summed E-state index contributed by atoms with van der Waals surface area (Å²) in [6.07, 6.45) is 0.271. The molecule has 0 radical (unpaired) electrons. The first-order valence-corrected chi connectivity index (χ1v) is 8.29. The molecule has 0 bridgehead atoms. The van der Waals surface area contributed by atoms with Crippen LogP contribution in [0.1, 0.15) is 11.1 Å². The highest BCUT2D eigenvalue weighted by Gasteiger charge is 2.35. The smallest absolute Gasteiger partial charge is 0.0865 e. The minimum Gasteiger partial charge on any atom is -0.378 e. The van der Waals surface area contributed by atoms with E-state index in [9.17, 15) is 0 Å². The Morgan fingerprint density at radius 2 is 1.57 bits per heavy atom. The maximum atomic E-state index is 5.77. The molecule has 3 nitrogen and oxygen atoms in total. The molecule has 0 N–H and O–H groups in total. The van der Waals surface area contributed by atoms with Crippen molar-refractivity contribution >= 4 is 0 Å². The Kier molecular flexibility index (Phi) is 5.44. The normalized spacial score (nSPS) is 21.9. The van der Waals surface area contributed by atoms with Crippen molar-refractivity contribution in [1.82, 2.24) is 9.80 Å². The second-order valence-electron chi connectivity index (χ2n) is 6.42. The molecular weight excluding hydrogens is 284 g/mol. The van der Waals surface area contributed by atoms with Gasteiger partial charge in [0.25, 0.3) is 0 Å². The van der Waals surface area contributed by atoms with Crippen molar-refractivity contribution in [3.8, 4) is 0 Å². The van der Waals surface area contributed by atoms with E-state index in [0.717, 1.165) is 26.2 Å². The van der Waals surface area contributed by atoms with Crippen molar-refractivity contribution in [1.29, 1.82) is 0 Å². The van der Waals surface area contributed by atoms with Crippen LogP contribution in [0.2, 0.25) is 0 Å². The Bertz CT molecular complexity index is 587. The molecule has 2 aromatic carbocycles. The number of likely N-dealkylation sites (tertiary alicyclic amines) is 1. The summed E-state index contributed by atoms with van der Waals surface area (Å²) in [6.45, 7) is 4.01. The lowest BCUT2D eigenvalue weighted by atomic mass is 10.1. The zero-order chi connectivity index (χ0) is 16.1. The van der Waals surface area contributed by atoms with Crippen molar-refractivity contribution in [2.75, 3.05) is 27.2 Å². The van der Waals surface area contributed by atoms with Gasteiger partial charge in [-0.2, -0.15) is 0 Å². The SMILES string of the molecule is COC1CN(Cc2ccccc2)CC1N(C)Cc1ccccc1. The number of rotatable bonds is 6. The van der Waals surface area contributed by atoms with Crippen molar-refractivity contribution in [3.63, 3.8) is 0 Å². The minimum absolute atomic E-state index is 0.271. The van der Waals surface area contributed by atoms with Gasteiger partial charge in [0.05, 0.1) is 6.10 Å². The number of likely N-dealkylation sites (N-methyl/N-ethyl adjacent to an activating group) is 1. The van der Waals surface area contributed by atoms with Gasteiger partial charge in [0.2, 0.25) is 0 Å². The third kappa shape index (κ3) is 4.20. The Morgan fingerprint density at radius 3 is 2.17 bits per heavy atom. The van der Waals surface area contributed by atoms with Crippen LogP contribution in [0.15, 0.2) is 60.7 Å². The largest absolute Gasteiger partial charge is 0.378 e. The van der Waals surface area contributed by atoms with Gasteiger partial charge >= 0.3 is 0 Å². The maximum absolute atomic E-state index is 5.77. The van der Waals surface area contributed by atoms with Crippen LogP contribution in [0.4, 0.5) is 0 Å². The van der Waals surface area contributed by atoms with Gasteiger partial charge in [-0.3, -0.25) is 9.80 Å². The average molecular weight is 310 g/mol. The summed E-state index contributed by atoms with van der Waals surface area (Å²) in [5, 5.41) is 0. The molecule has 23 heavy (non-hydrogen) atoms. The summed E-state index contributed by atoms with van der Waals surface area (Å²) in [4.78, 5) is 4.92. The van der Waals surface area contributed by atoms with E-state index in [0.29, 0.717) is 6.04 Å². The van der Waals surface area contributed by atoms with E-state index in [2.05, 4.69) is 77.5 Å². The average Bonchev–Trinajstić information content (AvgIpc) is 3.00. The van der Waals surface area contributed by atoms with E-state index >= 15 is 0 Å². The number of hydrogen-bond donors (Lipinski definition) is 0. The van der Waals surface area contributed by atoms with E-state index in [-0.39, 0.29) is 6.10 Å². The summed E-state index contributed by atoms with van der Waals surface area (Å²) < 4.78 is 5.77. The lowest BCUT2D eigenvalue weighted by molar-refractivity contribution is 0.0503. The maximum Gasteiger partial charge on any atom is 0.0865 e. The Morgan fingerprint density at radius 1 is 0.957 bits per heavy atom. The quantitative estimate of drug-likeness (QED) is 0.816. The molecule has 1 heterocycles. The zero-order valence-electron chi connectivity index (χ0n) is 14.1. The van der Waals surface area contributed by atoms with Crippen LogP contribution >= 0.6 is 0 Å². The van der Waals surface area contributed by atoms with Crippen molar-refractivity contribution in [3.05, 3.63) is 71.8 Å². The van der Waals surface area contributed by atoms with Crippen molar-refractivity contribution < 1.29 is 4.74 Å². The number of nitrogens with zero attached hydrogens (tertiary/aromatic N) is 2. The fourth-order valence-electron chi connectivity index (χ4n) is 3.45. The van der Waals surface area contributed by atoms with Crippen LogP contribution in [0.25, 0.3) is 0 Å². The number of ether oxygens (including phenoxy) is 1. The summed E-state index contributed by atoms with van der Waals surface area (Å²) in [5.74, 6) is 0. The first-order chi connectivity index (χ1) is 11.3. The van der Waals surface area contributed by atoms with Crippen LogP contribution in [-0.2, 0) is 17.8 Å². The fraction of sp³-hybridized carbons (Fsp3) is 0.400. The summed E-state index contributed by atoms with van der Waals surface area (Å²) in [6, 6.07) is 21.8. The Hall–Kier alpha value is -1.68. The molecule has 1 aliphatic heterocycles. The second kappa shape index (κ2) is 7.73. The minimum atomic E-state index is 0.271. The Labute approximate surface area is 139 Å². The highest BCUT2D eigenvalue weighted by Crippen LogP contribution is 2.21. The van der Waals surface area contributed by atoms with Gasteiger partial charge in [-0.15, -0.1) is 0 Å². The first-order valence-electron chi connectivity index (χ1n) is 8.29. The lowest BCUT2D eigenvalue weighted by Gasteiger charge is -2.28.